The molecule has 2 aromatic rings. The van der Waals surface area contributed by atoms with E-state index in [-0.39, 0.29) is 5.82 Å². The fourth-order valence-electron chi connectivity index (χ4n) is 1.10. The average Bonchev–Trinajstić information content (AvgIpc) is 2.47. The van der Waals surface area contributed by atoms with E-state index in [9.17, 15) is 4.79 Å². The molecule has 0 saturated carbocycles. The Hall–Kier alpha value is -1.56. The highest BCUT2D eigenvalue weighted by Crippen LogP contribution is 2.25. The predicted octanol–water partition coefficient (Wildman–Crippen LogP) is 2.68. The molecule has 0 bridgehead atoms. The summed E-state index contributed by atoms with van der Waals surface area (Å²) in [6.07, 6.45) is -1.16. The van der Waals surface area contributed by atoms with Crippen LogP contribution in [0, 0.1) is 0 Å². The summed E-state index contributed by atoms with van der Waals surface area (Å²) in [7, 11) is 0. The molecule has 0 aliphatic heterocycles. The molecule has 2 rings (SSSR count). The molecule has 72 valence electrons. The Morgan fingerprint density at radius 2 is 2.36 bits per heavy atom. The maximum absolute atomic E-state index is 10.4. The smallest absolute Gasteiger partial charge is 0.410 e. The van der Waals surface area contributed by atoms with Crippen LogP contribution in [0.25, 0.3) is 11.0 Å². The molecule has 0 saturated heterocycles. The van der Waals surface area contributed by atoms with E-state index in [2.05, 4.69) is 26.4 Å². The van der Waals surface area contributed by atoms with Gasteiger partial charge in [-0.3, -0.25) is 5.32 Å². The van der Waals surface area contributed by atoms with Gasteiger partial charge in [-0.15, -0.1) is 0 Å². The van der Waals surface area contributed by atoms with E-state index in [0.717, 1.165) is 4.47 Å². The van der Waals surface area contributed by atoms with Gasteiger partial charge >= 0.3 is 6.09 Å². The molecule has 6 heteroatoms. The van der Waals surface area contributed by atoms with Crippen molar-refractivity contribution in [1.29, 1.82) is 0 Å². The Balaban J connectivity index is 2.52. The highest BCUT2D eigenvalue weighted by molar-refractivity contribution is 9.10. The monoisotopic (exact) mass is 256 g/mol. The number of rotatable bonds is 1. The fourth-order valence-corrected chi connectivity index (χ4v) is 1.44. The number of nitrogens with one attached hydrogen (secondary N) is 1. The summed E-state index contributed by atoms with van der Waals surface area (Å²) in [6.45, 7) is 0. The van der Waals surface area contributed by atoms with Crippen LogP contribution in [0.15, 0.2) is 27.2 Å². The number of aromatic nitrogens is 1. The van der Waals surface area contributed by atoms with Crippen LogP contribution in [0.5, 0.6) is 0 Å². The third-order valence-corrected chi connectivity index (χ3v) is 2.15. The van der Waals surface area contributed by atoms with E-state index in [0.29, 0.717) is 11.0 Å². The SMILES string of the molecule is O=C(O)Nc1noc2cc(Br)ccc12. The number of hydrogen-bond acceptors (Lipinski definition) is 3. The van der Waals surface area contributed by atoms with Gasteiger partial charge in [0, 0.05) is 4.47 Å². The molecule has 2 N–H and O–H groups in total. The average molecular weight is 257 g/mol. The standard InChI is InChI=1S/C8H5BrN2O3/c9-4-1-2-5-6(3-4)14-11-7(5)10-8(12)13/h1-3H,(H,10,11)(H,12,13). The summed E-state index contributed by atoms with van der Waals surface area (Å²) in [5, 5.41) is 14.9. The zero-order valence-electron chi connectivity index (χ0n) is 6.82. The molecule has 0 spiro atoms. The van der Waals surface area contributed by atoms with Crippen molar-refractivity contribution in [2.45, 2.75) is 0 Å². The number of carboxylic acid groups (broad SMARTS) is 1. The first-order valence-corrected chi connectivity index (χ1v) is 4.51. The van der Waals surface area contributed by atoms with Gasteiger partial charge in [0.25, 0.3) is 0 Å². The van der Waals surface area contributed by atoms with E-state index in [1.165, 1.54) is 0 Å². The van der Waals surface area contributed by atoms with Crippen molar-refractivity contribution >= 4 is 38.8 Å². The molecule has 1 aromatic carbocycles. The second-order valence-electron chi connectivity index (χ2n) is 2.60. The molecule has 0 atom stereocenters. The van der Waals surface area contributed by atoms with Crippen LogP contribution in [0.3, 0.4) is 0 Å². The van der Waals surface area contributed by atoms with Crippen LogP contribution >= 0.6 is 15.9 Å². The molecule has 1 amide bonds. The summed E-state index contributed by atoms with van der Waals surface area (Å²) in [6, 6.07) is 5.23. The van der Waals surface area contributed by atoms with Gasteiger partial charge in [0.15, 0.2) is 11.4 Å². The molecule has 0 radical (unpaired) electrons. The van der Waals surface area contributed by atoms with Crippen molar-refractivity contribution in [3.8, 4) is 0 Å². The first-order chi connectivity index (χ1) is 6.66. The van der Waals surface area contributed by atoms with Crippen LogP contribution in [0.2, 0.25) is 0 Å². The van der Waals surface area contributed by atoms with Crippen LogP contribution in [-0.4, -0.2) is 16.4 Å². The van der Waals surface area contributed by atoms with E-state index < -0.39 is 6.09 Å². The number of halogens is 1. The number of fused-ring (bicyclic) bond motifs is 1. The van der Waals surface area contributed by atoms with Gasteiger partial charge in [-0.1, -0.05) is 21.1 Å². The summed E-state index contributed by atoms with van der Waals surface area (Å²) in [5.41, 5.74) is 0.531. The second kappa shape index (κ2) is 3.30. The van der Waals surface area contributed by atoms with Crippen molar-refractivity contribution in [3.63, 3.8) is 0 Å². The summed E-state index contributed by atoms with van der Waals surface area (Å²) in [4.78, 5) is 10.4. The number of hydrogen-bond donors (Lipinski definition) is 2. The van der Waals surface area contributed by atoms with E-state index in [1.54, 1.807) is 18.2 Å². The molecule has 0 aliphatic carbocycles. The van der Waals surface area contributed by atoms with Gasteiger partial charge in [0.2, 0.25) is 0 Å². The number of carbonyl (C=O) groups is 1. The van der Waals surface area contributed by atoms with E-state index >= 15 is 0 Å². The normalized spacial score (nSPS) is 10.4. The zero-order valence-corrected chi connectivity index (χ0v) is 8.41. The molecule has 0 aliphatic rings. The summed E-state index contributed by atoms with van der Waals surface area (Å²) < 4.78 is 5.77. The van der Waals surface area contributed by atoms with Gasteiger partial charge in [-0.25, -0.2) is 4.79 Å². The lowest BCUT2D eigenvalue weighted by molar-refractivity contribution is 0.209. The van der Waals surface area contributed by atoms with E-state index in [1.807, 2.05) is 0 Å². The fraction of sp³-hybridized carbons (Fsp3) is 0. The van der Waals surface area contributed by atoms with E-state index in [4.69, 9.17) is 9.63 Å². The van der Waals surface area contributed by atoms with Crippen molar-refractivity contribution < 1.29 is 14.4 Å². The first kappa shape index (κ1) is 9.01. The topological polar surface area (TPSA) is 75.4 Å². The van der Waals surface area contributed by atoms with Gasteiger partial charge in [0.05, 0.1) is 5.39 Å². The predicted molar refractivity (Wildman–Crippen MR) is 53.4 cm³/mol. The van der Waals surface area contributed by atoms with Crippen molar-refractivity contribution in [1.82, 2.24) is 5.16 Å². The van der Waals surface area contributed by atoms with Crippen LogP contribution in [0.1, 0.15) is 0 Å². The molecule has 14 heavy (non-hydrogen) atoms. The van der Waals surface area contributed by atoms with Crippen LogP contribution in [0.4, 0.5) is 10.6 Å². The Morgan fingerprint density at radius 3 is 3.07 bits per heavy atom. The summed E-state index contributed by atoms with van der Waals surface area (Å²) >= 11 is 3.27. The lowest BCUT2D eigenvalue weighted by Gasteiger charge is -1.93. The Kier molecular flexibility index (Phi) is 2.12. The maximum Gasteiger partial charge on any atom is 0.410 e. The van der Waals surface area contributed by atoms with Crippen molar-refractivity contribution in [3.05, 3.63) is 22.7 Å². The minimum Gasteiger partial charge on any atom is -0.465 e. The molecular formula is C8H5BrN2O3. The van der Waals surface area contributed by atoms with Crippen LogP contribution < -0.4 is 5.32 Å². The zero-order chi connectivity index (χ0) is 10.1. The Labute approximate surface area is 86.8 Å². The van der Waals surface area contributed by atoms with Crippen molar-refractivity contribution in [2.75, 3.05) is 5.32 Å². The molecular weight excluding hydrogens is 252 g/mol. The highest BCUT2D eigenvalue weighted by Gasteiger charge is 2.09. The van der Waals surface area contributed by atoms with Crippen molar-refractivity contribution in [2.24, 2.45) is 0 Å². The number of nitrogens with zero attached hydrogens (tertiary/aromatic N) is 1. The minimum absolute atomic E-state index is 0.208. The van der Waals surface area contributed by atoms with Gasteiger partial charge in [-0.2, -0.15) is 0 Å². The largest absolute Gasteiger partial charge is 0.465 e. The molecule has 0 fully saturated rings. The Morgan fingerprint density at radius 1 is 1.57 bits per heavy atom. The Bertz CT molecular complexity index is 494. The van der Waals surface area contributed by atoms with Crippen LogP contribution in [-0.2, 0) is 0 Å². The number of anilines is 1. The van der Waals surface area contributed by atoms with Gasteiger partial charge in [0.1, 0.15) is 0 Å². The third-order valence-electron chi connectivity index (χ3n) is 1.66. The van der Waals surface area contributed by atoms with Gasteiger partial charge < -0.3 is 9.63 Å². The quantitative estimate of drug-likeness (QED) is 0.823. The lowest BCUT2D eigenvalue weighted by Crippen LogP contribution is -2.07. The minimum atomic E-state index is -1.16. The number of benzene rings is 1. The molecule has 1 aromatic heterocycles. The molecule has 5 nitrogen and oxygen atoms in total. The third kappa shape index (κ3) is 1.56. The van der Waals surface area contributed by atoms with Gasteiger partial charge in [-0.05, 0) is 18.2 Å². The number of amides is 1. The lowest BCUT2D eigenvalue weighted by atomic mass is 10.2. The summed E-state index contributed by atoms with van der Waals surface area (Å²) in [5.74, 6) is 0.208. The molecule has 0 unspecified atom stereocenters. The molecule has 1 heterocycles. The maximum atomic E-state index is 10.4. The second-order valence-corrected chi connectivity index (χ2v) is 3.52. The first-order valence-electron chi connectivity index (χ1n) is 3.72. The highest BCUT2D eigenvalue weighted by atomic mass is 79.9.